The molecule has 1 aromatic rings. The molecule has 3 nitrogen and oxygen atoms in total. The number of rotatable bonds is 7. The third-order valence-electron chi connectivity index (χ3n) is 2.37. The molecular formula is C13H18F3NO2. The molecule has 0 heterocycles. The second kappa shape index (κ2) is 7.35. The van der Waals surface area contributed by atoms with E-state index in [0.29, 0.717) is 18.8 Å². The first-order valence-corrected chi connectivity index (χ1v) is 6.01. The molecule has 0 fully saturated rings. The molecule has 0 aliphatic rings. The molecule has 108 valence electrons. The maximum Gasteiger partial charge on any atom is 0.411 e. The molecule has 6 heteroatoms. The van der Waals surface area contributed by atoms with Gasteiger partial charge in [0, 0.05) is 12.5 Å². The molecule has 0 radical (unpaired) electrons. The number of hydrogen-bond acceptors (Lipinski definition) is 3. The Hall–Kier alpha value is -1.27. The highest BCUT2D eigenvalue weighted by Gasteiger charge is 2.27. The smallest absolute Gasteiger partial charge is 0.411 e. The van der Waals surface area contributed by atoms with Crippen molar-refractivity contribution in [3.05, 3.63) is 29.8 Å². The molecule has 1 rings (SSSR count). The minimum Gasteiger partial charge on any atom is -0.494 e. The van der Waals surface area contributed by atoms with E-state index in [9.17, 15) is 13.2 Å². The van der Waals surface area contributed by atoms with Crippen LogP contribution in [0.2, 0.25) is 0 Å². The minimum absolute atomic E-state index is 0.0252. The quantitative estimate of drug-likeness (QED) is 0.779. The lowest BCUT2D eigenvalue weighted by Gasteiger charge is -2.10. The van der Waals surface area contributed by atoms with E-state index in [-0.39, 0.29) is 12.6 Å². The molecule has 19 heavy (non-hydrogen) atoms. The van der Waals surface area contributed by atoms with E-state index in [0.717, 1.165) is 5.56 Å². The van der Waals surface area contributed by atoms with Crippen molar-refractivity contribution in [1.29, 1.82) is 0 Å². The molecule has 0 saturated carbocycles. The first kappa shape index (κ1) is 15.8. The van der Waals surface area contributed by atoms with Crippen LogP contribution in [0.25, 0.3) is 0 Å². The lowest BCUT2D eigenvalue weighted by Crippen LogP contribution is -2.18. The molecule has 0 spiro atoms. The van der Waals surface area contributed by atoms with Gasteiger partial charge >= 0.3 is 6.18 Å². The van der Waals surface area contributed by atoms with Gasteiger partial charge in [-0.2, -0.15) is 13.2 Å². The number of benzene rings is 1. The fraction of sp³-hybridized carbons (Fsp3) is 0.538. The van der Waals surface area contributed by atoms with Crippen LogP contribution in [0.5, 0.6) is 5.75 Å². The second-order valence-corrected chi connectivity index (χ2v) is 4.23. The largest absolute Gasteiger partial charge is 0.494 e. The van der Waals surface area contributed by atoms with Crippen molar-refractivity contribution in [3.8, 4) is 5.75 Å². The van der Waals surface area contributed by atoms with Crippen molar-refractivity contribution in [3.63, 3.8) is 0 Å². The third-order valence-corrected chi connectivity index (χ3v) is 2.37. The molecule has 0 bridgehead atoms. The van der Waals surface area contributed by atoms with Gasteiger partial charge in [-0.05, 0) is 24.6 Å². The molecule has 0 unspecified atom stereocenters. The molecule has 0 saturated heterocycles. The summed E-state index contributed by atoms with van der Waals surface area (Å²) in [6, 6.07) is 7.26. The Morgan fingerprint density at radius 1 is 1.16 bits per heavy atom. The zero-order valence-electron chi connectivity index (χ0n) is 10.7. The SMILES string of the molecule is C[C@@H](N)c1ccc(OCCCOCC(F)(F)F)cc1. The van der Waals surface area contributed by atoms with Crippen LogP contribution in [0.4, 0.5) is 13.2 Å². The number of nitrogens with two attached hydrogens (primary N) is 1. The second-order valence-electron chi connectivity index (χ2n) is 4.23. The highest BCUT2D eigenvalue weighted by molar-refractivity contribution is 5.28. The highest BCUT2D eigenvalue weighted by Crippen LogP contribution is 2.16. The van der Waals surface area contributed by atoms with Crippen molar-refractivity contribution in [1.82, 2.24) is 0 Å². The van der Waals surface area contributed by atoms with E-state index in [1.54, 1.807) is 12.1 Å². The first-order valence-electron chi connectivity index (χ1n) is 6.01. The predicted molar refractivity (Wildman–Crippen MR) is 66.0 cm³/mol. The number of hydrogen-bond donors (Lipinski definition) is 1. The van der Waals surface area contributed by atoms with E-state index in [2.05, 4.69) is 4.74 Å². The Morgan fingerprint density at radius 2 is 1.79 bits per heavy atom. The van der Waals surface area contributed by atoms with Gasteiger partial charge in [0.05, 0.1) is 13.2 Å². The van der Waals surface area contributed by atoms with Crippen molar-refractivity contribution >= 4 is 0 Å². The number of halogens is 3. The monoisotopic (exact) mass is 277 g/mol. The summed E-state index contributed by atoms with van der Waals surface area (Å²) >= 11 is 0. The summed E-state index contributed by atoms with van der Waals surface area (Å²) in [7, 11) is 0. The summed E-state index contributed by atoms with van der Waals surface area (Å²) < 4.78 is 45.1. The van der Waals surface area contributed by atoms with Crippen LogP contribution in [0.15, 0.2) is 24.3 Å². The summed E-state index contributed by atoms with van der Waals surface area (Å²) in [5, 5.41) is 0. The maximum absolute atomic E-state index is 11.8. The standard InChI is InChI=1S/C13H18F3NO2/c1-10(17)11-3-5-12(6-4-11)19-8-2-7-18-9-13(14,15)16/h3-6,10H,2,7-9,17H2,1H3/t10-/m1/s1. The van der Waals surface area contributed by atoms with Gasteiger partial charge in [0.2, 0.25) is 0 Å². The number of alkyl halides is 3. The van der Waals surface area contributed by atoms with Crippen molar-refractivity contribution < 1.29 is 22.6 Å². The number of ether oxygens (including phenoxy) is 2. The predicted octanol–water partition coefficient (Wildman–Crippen LogP) is 3.05. The fourth-order valence-electron chi connectivity index (χ4n) is 1.41. The van der Waals surface area contributed by atoms with Crippen LogP contribution >= 0.6 is 0 Å². The fourth-order valence-corrected chi connectivity index (χ4v) is 1.41. The summed E-state index contributed by atoms with van der Waals surface area (Å²) in [5.74, 6) is 0.667. The van der Waals surface area contributed by atoms with Crippen LogP contribution in [0, 0.1) is 0 Å². The van der Waals surface area contributed by atoms with Crippen LogP contribution in [0.1, 0.15) is 24.9 Å². The van der Waals surface area contributed by atoms with E-state index in [1.807, 2.05) is 19.1 Å². The first-order chi connectivity index (χ1) is 8.88. The molecule has 2 N–H and O–H groups in total. The topological polar surface area (TPSA) is 44.5 Å². The average Bonchev–Trinajstić information content (AvgIpc) is 2.33. The molecule has 0 aromatic heterocycles. The van der Waals surface area contributed by atoms with Gasteiger partial charge in [-0.3, -0.25) is 0 Å². The van der Waals surface area contributed by atoms with Gasteiger partial charge in [0.1, 0.15) is 12.4 Å². The summed E-state index contributed by atoms with van der Waals surface area (Å²) in [6.45, 7) is 1.01. The molecule has 1 aromatic carbocycles. The van der Waals surface area contributed by atoms with E-state index >= 15 is 0 Å². The van der Waals surface area contributed by atoms with Crippen molar-refractivity contribution in [2.75, 3.05) is 19.8 Å². The van der Waals surface area contributed by atoms with Crippen LogP contribution in [-0.2, 0) is 4.74 Å². The molecule has 1 atom stereocenters. The molecule has 0 amide bonds. The average molecular weight is 277 g/mol. The summed E-state index contributed by atoms with van der Waals surface area (Å²) in [5.41, 5.74) is 6.71. The van der Waals surface area contributed by atoms with Gasteiger partial charge in [-0.15, -0.1) is 0 Å². The Bertz CT molecular complexity index is 363. The van der Waals surface area contributed by atoms with Crippen molar-refractivity contribution in [2.24, 2.45) is 5.73 Å². The van der Waals surface area contributed by atoms with Gasteiger partial charge < -0.3 is 15.2 Å². The van der Waals surface area contributed by atoms with Crippen LogP contribution in [-0.4, -0.2) is 26.0 Å². The lowest BCUT2D eigenvalue weighted by atomic mass is 10.1. The van der Waals surface area contributed by atoms with Gasteiger partial charge in [-0.1, -0.05) is 12.1 Å². The maximum atomic E-state index is 11.8. The van der Waals surface area contributed by atoms with Gasteiger partial charge in [0.25, 0.3) is 0 Å². The Labute approximate surface area is 110 Å². The van der Waals surface area contributed by atoms with Crippen LogP contribution in [0.3, 0.4) is 0 Å². The Morgan fingerprint density at radius 3 is 2.32 bits per heavy atom. The third kappa shape index (κ3) is 7.03. The van der Waals surface area contributed by atoms with E-state index in [1.165, 1.54) is 0 Å². The van der Waals surface area contributed by atoms with Gasteiger partial charge in [0.15, 0.2) is 0 Å². The van der Waals surface area contributed by atoms with Crippen molar-refractivity contribution in [2.45, 2.75) is 25.6 Å². The van der Waals surface area contributed by atoms with Gasteiger partial charge in [-0.25, -0.2) is 0 Å². The lowest BCUT2D eigenvalue weighted by molar-refractivity contribution is -0.174. The molecule has 0 aliphatic carbocycles. The zero-order valence-corrected chi connectivity index (χ0v) is 10.7. The zero-order chi connectivity index (χ0) is 14.3. The Kier molecular flexibility index (Phi) is 6.11. The molecule has 0 aliphatic heterocycles. The van der Waals surface area contributed by atoms with E-state index in [4.69, 9.17) is 10.5 Å². The summed E-state index contributed by atoms with van der Waals surface area (Å²) in [6.07, 6.45) is -3.86. The normalized spacial score (nSPS) is 13.3. The van der Waals surface area contributed by atoms with Crippen LogP contribution < -0.4 is 10.5 Å². The Balaban J connectivity index is 2.16. The summed E-state index contributed by atoms with van der Waals surface area (Å²) in [4.78, 5) is 0. The molecular weight excluding hydrogens is 259 g/mol. The highest BCUT2D eigenvalue weighted by atomic mass is 19.4. The van der Waals surface area contributed by atoms with E-state index < -0.39 is 12.8 Å². The minimum atomic E-state index is -4.27.